The number of hydrogen-bond acceptors (Lipinski definition) is 3. The second-order valence-corrected chi connectivity index (χ2v) is 4.86. The number of nitrogens with zero attached hydrogens (tertiary/aromatic N) is 2. The maximum Gasteiger partial charge on any atom is 0.401 e. The summed E-state index contributed by atoms with van der Waals surface area (Å²) >= 11 is 0. The van der Waals surface area contributed by atoms with Gasteiger partial charge in [-0.1, -0.05) is 0 Å². The number of ketones is 1. The molecule has 0 amide bonds. The van der Waals surface area contributed by atoms with E-state index in [-0.39, 0.29) is 11.8 Å². The summed E-state index contributed by atoms with van der Waals surface area (Å²) in [5.74, 6) is 0.285. The molecule has 1 saturated carbocycles. The van der Waals surface area contributed by atoms with Crippen LogP contribution in [0.25, 0.3) is 0 Å². The number of hydrogen-bond donors (Lipinski definition) is 0. The van der Waals surface area contributed by atoms with Gasteiger partial charge >= 0.3 is 6.18 Å². The Morgan fingerprint density at radius 1 is 1.18 bits per heavy atom. The average Bonchev–Trinajstić information content (AvgIpc) is 2.63. The van der Waals surface area contributed by atoms with Crippen molar-refractivity contribution in [3.8, 4) is 0 Å². The van der Waals surface area contributed by atoms with Crippen molar-refractivity contribution in [2.24, 2.45) is 0 Å². The minimum absolute atomic E-state index is 0.274. The number of piperazine rings is 1. The Labute approximate surface area is 98.6 Å². The van der Waals surface area contributed by atoms with E-state index >= 15 is 0 Å². The van der Waals surface area contributed by atoms with Crippen molar-refractivity contribution in [1.29, 1.82) is 0 Å². The van der Waals surface area contributed by atoms with Crippen molar-refractivity contribution in [1.82, 2.24) is 9.80 Å². The Morgan fingerprint density at radius 2 is 1.82 bits per heavy atom. The fourth-order valence-electron chi connectivity index (χ4n) is 2.65. The molecule has 0 aromatic heterocycles. The Balaban J connectivity index is 1.76. The molecule has 0 spiro atoms. The average molecular weight is 250 g/mol. The molecule has 1 aliphatic carbocycles. The van der Waals surface area contributed by atoms with E-state index in [1.54, 1.807) is 0 Å². The molecule has 17 heavy (non-hydrogen) atoms. The van der Waals surface area contributed by atoms with E-state index in [4.69, 9.17) is 0 Å². The predicted molar refractivity (Wildman–Crippen MR) is 56.7 cm³/mol. The van der Waals surface area contributed by atoms with Crippen LogP contribution in [0.15, 0.2) is 0 Å². The fraction of sp³-hybridized carbons (Fsp3) is 0.909. The minimum Gasteiger partial charge on any atom is -0.300 e. The number of alkyl halides is 3. The van der Waals surface area contributed by atoms with Crippen molar-refractivity contribution < 1.29 is 18.0 Å². The molecule has 3 nitrogen and oxygen atoms in total. The van der Waals surface area contributed by atoms with Gasteiger partial charge in [-0.25, -0.2) is 0 Å². The molecular weight excluding hydrogens is 233 g/mol. The van der Waals surface area contributed by atoms with Crippen molar-refractivity contribution >= 4 is 5.78 Å². The first kappa shape index (κ1) is 12.8. The molecule has 1 saturated heterocycles. The highest BCUT2D eigenvalue weighted by Gasteiger charge is 2.34. The predicted octanol–water partition coefficient (Wildman–Crippen LogP) is 1.29. The summed E-state index contributed by atoms with van der Waals surface area (Å²) in [5, 5.41) is 0. The van der Waals surface area contributed by atoms with Crippen LogP contribution in [0.2, 0.25) is 0 Å². The van der Waals surface area contributed by atoms with Crippen LogP contribution in [0.5, 0.6) is 0 Å². The van der Waals surface area contributed by atoms with Crippen molar-refractivity contribution in [2.75, 3.05) is 32.7 Å². The number of halogens is 3. The van der Waals surface area contributed by atoms with E-state index in [0.29, 0.717) is 39.0 Å². The van der Waals surface area contributed by atoms with E-state index < -0.39 is 12.7 Å². The first-order valence-electron chi connectivity index (χ1n) is 5.99. The molecule has 0 bridgehead atoms. The minimum atomic E-state index is -4.11. The second-order valence-electron chi connectivity index (χ2n) is 4.86. The van der Waals surface area contributed by atoms with Crippen LogP contribution >= 0.6 is 0 Å². The van der Waals surface area contributed by atoms with Gasteiger partial charge in [0.2, 0.25) is 0 Å². The standard InChI is InChI=1S/C11H17F3N2O/c12-11(13,14)8-15-3-5-16(6-4-15)9-1-2-10(17)7-9/h9H,1-8H2. The molecule has 1 heterocycles. The molecule has 0 aromatic carbocycles. The lowest BCUT2D eigenvalue weighted by Crippen LogP contribution is -2.51. The van der Waals surface area contributed by atoms with Crippen LogP contribution in [0.4, 0.5) is 13.2 Å². The molecule has 0 N–H and O–H groups in total. The summed E-state index contributed by atoms with van der Waals surface area (Å²) in [5.41, 5.74) is 0. The number of carbonyl (C=O) groups excluding carboxylic acids is 1. The van der Waals surface area contributed by atoms with E-state index in [1.165, 1.54) is 4.90 Å². The summed E-state index contributed by atoms with van der Waals surface area (Å²) in [6.45, 7) is 1.38. The van der Waals surface area contributed by atoms with E-state index in [9.17, 15) is 18.0 Å². The lowest BCUT2D eigenvalue weighted by Gasteiger charge is -2.37. The van der Waals surface area contributed by atoms with Crippen LogP contribution < -0.4 is 0 Å². The number of carbonyl (C=O) groups is 1. The van der Waals surface area contributed by atoms with Gasteiger partial charge < -0.3 is 0 Å². The van der Waals surface area contributed by atoms with Crippen molar-refractivity contribution in [2.45, 2.75) is 31.5 Å². The molecule has 2 aliphatic rings. The summed E-state index contributed by atoms with van der Waals surface area (Å²) in [6, 6.07) is 0.274. The Bertz CT molecular complexity index is 285. The molecule has 0 radical (unpaired) electrons. The maximum atomic E-state index is 12.2. The molecule has 98 valence electrons. The monoisotopic (exact) mass is 250 g/mol. The third-order valence-electron chi connectivity index (χ3n) is 3.55. The van der Waals surface area contributed by atoms with Gasteiger partial charge in [-0.3, -0.25) is 14.6 Å². The van der Waals surface area contributed by atoms with E-state index in [1.807, 2.05) is 0 Å². The van der Waals surface area contributed by atoms with Crippen molar-refractivity contribution in [3.63, 3.8) is 0 Å². The zero-order valence-corrected chi connectivity index (χ0v) is 9.67. The maximum absolute atomic E-state index is 12.2. The van der Waals surface area contributed by atoms with Gasteiger partial charge in [0, 0.05) is 45.1 Å². The number of Topliss-reactive ketones (excluding diaryl/α,β-unsaturated/α-hetero) is 1. The van der Waals surface area contributed by atoms with Gasteiger partial charge in [0.25, 0.3) is 0 Å². The fourth-order valence-corrected chi connectivity index (χ4v) is 2.65. The molecule has 6 heteroatoms. The smallest absolute Gasteiger partial charge is 0.300 e. The molecule has 0 aromatic rings. The normalized spacial score (nSPS) is 28.9. The second kappa shape index (κ2) is 4.94. The van der Waals surface area contributed by atoms with Crippen LogP contribution in [-0.4, -0.2) is 60.5 Å². The van der Waals surface area contributed by atoms with Crippen LogP contribution in [0.3, 0.4) is 0 Å². The lowest BCUT2D eigenvalue weighted by molar-refractivity contribution is -0.149. The summed E-state index contributed by atoms with van der Waals surface area (Å²) in [6.07, 6.45) is -2.02. The highest BCUT2D eigenvalue weighted by atomic mass is 19.4. The highest BCUT2D eigenvalue weighted by molar-refractivity contribution is 5.81. The zero-order valence-electron chi connectivity index (χ0n) is 9.67. The third-order valence-corrected chi connectivity index (χ3v) is 3.55. The topological polar surface area (TPSA) is 23.6 Å². The summed E-state index contributed by atoms with van der Waals surface area (Å²) in [4.78, 5) is 14.8. The van der Waals surface area contributed by atoms with Crippen LogP contribution in [-0.2, 0) is 4.79 Å². The number of rotatable bonds is 2. The molecule has 1 atom stereocenters. The van der Waals surface area contributed by atoms with Gasteiger partial charge in [0.05, 0.1) is 6.54 Å². The quantitative estimate of drug-likeness (QED) is 0.738. The molecular formula is C11H17F3N2O. The Hall–Kier alpha value is -0.620. The summed E-state index contributed by atoms with van der Waals surface area (Å²) in [7, 11) is 0. The zero-order chi connectivity index (χ0) is 12.5. The SMILES string of the molecule is O=C1CCC(N2CCN(CC(F)(F)F)CC2)C1. The van der Waals surface area contributed by atoms with E-state index in [2.05, 4.69) is 4.90 Å². The van der Waals surface area contributed by atoms with Gasteiger partial charge in [-0.05, 0) is 6.42 Å². The van der Waals surface area contributed by atoms with Gasteiger partial charge in [-0.15, -0.1) is 0 Å². The largest absolute Gasteiger partial charge is 0.401 e. The van der Waals surface area contributed by atoms with Gasteiger partial charge in [0.1, 0.15) is 5.78 Å². The van der Waals surface area contributed by atoms with E-state index in [0.717, 1.165) is 6.42 Å². The van der Waals surface area contributed by atoms with Crippen molar-refractivity contribution in [3.05, 3.63) is 0 Å². The summed E-state index contributed by atoms with van der Waals surface area (Å²) < 4.78 is 36.6. The highest BCUT2D eigenvalue weighted by Crippen LogP contribution is 2.23. The Kier molecular flexibility index (Phi) is 3.73. The lowest BCUT2D eigenvalue weighted by atomic mass is 10.2. The third kappa shape index (κ3) is 3.67. The van der Waals surface area contributed by atoms with Gasteiger partial charge in [0.15, 0.2) is 0 Å². The molecule has 2 fully saturated rings. The van der Waals surface area contributed by atoms with Gasteiger partial charge in [-0.2, -0.15) is 13.2 Å². The Morgan fingerprint density at radius 3 is 2.29 bits per heavy atom. The molecule has 2 rings (SSSR count). The van der Waals surface area contributed by atoms with Crippen LogP contribution in [0, 0.1) is 0 Å². The first-order chi connectivity index (χ1) is 7.94. The molecule has 1 aliphatic heterocycles. The van der Waals surface area contributed by atoms with Crippen LogP contribution in [0.1, 0.15) is 19.3 Å². The first-order valence-corrected chi connectivity index (χ1v) is 5.99. The molecule has 1 unspecified atom stereocenters.